The Morgan fingerprint density at radius 1 is 1.48 bits per heavy atom. The first-order valence-corrected chi connectivity index (χ1v) is 7.23. The fourth-order valence-electron chi connectivity index (χ4n) is 2.43. The monoisotopic (exact) mass is 312 g/mol. The lowest BCUT2D eigenvalue weighted by Crippen LogP contribution is -2.53. The minimum absolute atomic E-state index is 0.0606. The maximum absolute atomic E-state index is 12.4. The molecule has 21 heavy (non-hydrogen) atoms. The molecule has 2 rings (SSSR count). The third kappa shape index (κ3) is 3.33. The zero-order chi connectivity index (χ0) is 15.5. The van der Waals surface area contributed by atoms with Gasteiger partial charge in [-0.25, -0.2) is 0 Å². The van der Waals surface area contributed by atoms with Gasteiger partial charge in [-0.2, -0.15) is 0 Å². The van der Waals surface area contributed by atoms with Gasteiger partial charge in [0.1, 0.15) is 0 Å². The predicted molar refractivity (Wildman–Crippen MR) is 78.8 cm³/mol. The number of nitrogens with zero attached hydrogens (tertiary/aromatic N) is 1. The maximum Gasteiger partial charge on any atom is 0.273 e. The number of amides is 1. The molecule has 0 radical (unpaired) electrons. The van der Waals surface area contributed by atoms with Crippen LogP contribution < -0.4 is 5.32 Å². The average molecular weight is 313 g/mol. The summed E-state index contributed by atoms with van der Waals surface area (Å²) in [5.41, 5.74) is 0.0973. The van der Waals surface area contributed by atoms with Crippen LogP contribution in [0.2, 0.25) is 0 Å². The number of nitro benzene ring substituents is 1. The minimum Gasteiger partial charge on any atom is -0.381 e. The highest BCUT2D eigenvalue weighted by Gasteiger charge is 2.34. The highest BCUT2D eigenvalue weighted by atomic mass is 35.5. The summed E-state index contributed by atoms with van der Waals surface area (Å²) in [7, 11) is 0. The number of nitrogens with one attached hydrogen (secondary N) is 1. The Kier molecular flexibility index (Phi) is 4.80. The molecule has 0 aliphatic carbocycles. The van der Waals surface area contributed by atoms with Crippen molar-refractivity contribution in [2.24, 2.45) is 0 Å². The largest absolute Gasteiger partial charge is 0.381 e. The van der Waals surface area contributed by atoms with Crippen molar-refractivity contribution < 1.29 is 14.5 Å². The normalized spacial score (nSPS) is 17.2. The molecule has 1 amide bonds. The highest BCUT2D eigenvalue weighted by Crippen LogP contribution is 2.25. The van der Waals surface area contributed by atoms with Crippen molar-refractivity contribution >= 4 is 23.2 Å². The van der Waals surface area contributed by atoms with Crippen LogP contribution in [0.5, 0.6) is 0 Å². The molecule has 1 saturated heterocycles. The molecule has 1 heterocycles. The van der Waals surface area contributed by atoms with Crippen LogP contribution in [0, 0.1) is 17.0 Å². The smallest absolute Gasteiger partial charge is 0.273 e. The number of alkyl halides is 1. The van der Waals surface area contributed by atoms with Gasteiger partial charge < -0.3 is 10.1 Å². The molecule has 6 nitrogen and oxygen atoms in total. The summed E-state index contributed by atoms with van der Waals surface area (Å²) in [5, 5.41) is 13.9. The fraction of sp³-hybridized carbons (Fsp3) is 0.500. The molecule has 7 heteroatoms. The summed E-state index contributed by atoms with van der Waals surface area (Å²) in [6.07, 6.45) is 1.27. The van der Waals surface area contributed by atoms with E-state index in [0.717, 1.165) is 0 Å². The number of hydrogen-bond acceptors (Lipinski definition) is 4. The van der Waals surface area contributed by atoms with Gasteiger partial charge >= 0.3 is 0 Å². The van der Waals surface area contributed by atoms with E-state index in [-0.39, 0.29) is 17.5 Å². The molecule has 1 aromatic carbocycles. The topological polar surface area (TPSA) is 81.5 Å². The molecule has 0 bridgehead atoms. The van der Waals surface area contributed by atoms with Gasteiger partial charge in [-0.05, 0) is 25.8 Å². The zero-order valence-electron chi connectivity index (χ0n) is 11.7. The summed E-state index contributed by atoms with van der Waals surface area (Å²) in [4.78, 5) is 22.9. The highest BCUT2D eigenvalue weighted by molar-refractivity contribution is 6.19. The number of carbonyl (C=O) groups excluding carboxylic acids is 1. The molecule has 0 aromatic heterocycles. The van der Waals surface area contributed by atoms with Crippen LogP contribution in [0.1, 0.15) is 28.8 Å². The Bertz CT molecular complexity index is 556. The number of nitro groups is 1. The second-order valence-electron chi connectivity index (χ2n) is 5.19. The first-order chi connectivity index (χ1) is 9.99. The van der Waals surface area contributed by atoms with E-state index in [2.05, 4.69) is 5.32 Å². The number of rotatable bonds is 4. The van der Waals surface area contributed by atoms with Gasteiger partial charge in [0.25, 0.3) is 11.6 Å². The maximum atomic E-state index is 12.4. The molecule has 1 fully saturated rings. The van der Waals surface area contributed by atoms with Crippen molar-refractivity contribution in [1.29, 1.82) is 0 Å². The molecule has 0 saturated carbocycles. The summed E-state index contributed by atoms with van der Waals surface area (Å²) in [5.74, 6) is -0.0467. The molecule has 1 N–H and O–H groups in total. The van der Waals surface area contributed by atoms with Crippen LogP contribution >= 0.6 is 11.6 Å². The van der Waals surface area contributed by atoms with E-state index in [1.54, 1.807) is 13.0 Å². The van der Waals surface area contributed by atoms with E-state index < -0.39 is 10.5 Å². The Balaban J connectivity index is 2.24. The SMILES string of the molecule is Cc1c(C(=O)NC2(CCl)CCOCC2)cccc1[N+](=O)[O-]. The van der Waals surface area contributed by atoms with Crippen LogP contribution in [-0.2, 0) is 4.74 Å². The number of halogens is 1. The number of carbonyl (C=O) groups is 1. The predicted octanol–water partition coefficient (Wildman–Crippen LogP) is 2.42. The van der Waals surface area contributed by atoms with Crippen molar-refractivity contribution in [1.82, 2.24) is 5.32 Å². The first-order valence-electron chi connectivity index (χ1n) is 6.69. The Morgan fingerprint density at radius 2 is 2.14 bits per heavy atom. The van der Waals surface area contributed by atoms with Crippen LogP contribution in [0.25, 0.3) is 0 Å². The lowest BCUT2D eigenvalue weighted by atomic mass is 9.91. The fourth-order valence-corrected chi connectivity index (χ4v) is 2.76. The van der Waals surface area contributed by atoms with Crippen LogP contribution in [-0.4, -0.2) is 35.5 Å². The van der Waals surface area contributed by atoms with Gasteiger partial charge in [0.15, 0.2) is 0 Å². The van der Waals surface area contributed by atoms with Crippen LogP contribution in [0.4, 0.5) is 5.69 Å². The van der Waals surface area contributed by atoms with Gasteiger partial charge in [0.2, 0.25) is 0 Å². The molecule has 1 aliphatic rings. The second-order valence-corrected chi connectivity index (χ2v) is 5.45. The number of benzene rings is 1. The molecule has 0 unspecified atom stereocenters. The lowest BCUT2D eigenvalue weighted by molar-refractivity contribution is -0.385. The standard InChI is InChI=1S/C14H17ClN2O4/c1-10-11(3-2-4-12(10)17(19)20)13(18)16-14(9-15)5-7-21-8-6-14/h2-4H,5-9H2,1H3,(H,16,18). The van der Waals surface area contributed by atoms with E-state index in [1.807, 2.05) is 0 Å². The molecule has 1 aliphatic heterocycles. The Hall–Kier alpha value is -1.66. The molecular formula is C14H17ClN2O4. The molecule has 0 spiro atoms. The number of hydrogen-bond donors (Lipinski definition) is 1. The van der Waals surface area contributed by atoms with Crippen molar-refractivity contribution in [3.63, 3.8) is 0 Å². The van der Waals surface area contributed by atoms with E-state index >= 15 is 0 Å². The van der Waals surface area contributed by atoms with Gasteiger partial charge in [-0.15, -0.1) is 11.6 Å². The van der Waals surface area contributed by atoms with Gasteiger partial charge in [0.05, 0.1) is 10.5 Å². The quantitative estimate of drug-likeness (QED) is 0.526. The summed E-state index contributed by atoms with van der Waals surface area (Å²) in [6.45, 7) is 2.66. The molecule has 114 valence electrons. The van der Waals surface area contributed by atoms with Gasteiger partial charge in [-0.1, -0.05) is 6.07 Å². The Labute approximate surface area is 127 Å². The lowest BCUT2D eigenvalue weighted by Gasteiger charge is -2.36. The first kappa shape index (κ1) is 15.7. The van der Waals surface area contributed by atoms with Crippen molar-refractivity contribution in [2.75, 3.05) is 19.1 Å². The molecular weight excluding hydrogens is 296 g/mol. The number of ether oxygens (including phenoxy) is 1. The van der Waals surface area contributed by atoms with Gasteiger partial charge in [0, 0.05) is 36.3 Å². The van der Waals surface area contributed by atoms with Crippen molar-refractivity contribution in [3.8, 4) is 0 Å². The van der Waals surface area contributed by atoms with Crippen LogP contribution in [0.3, 0.4) is 0 Å². The molecule has 1 aromatic rings. The molecule has 0 atom stereocenters. The Morgan fingerprint density at radius 3 is 2.71 bits per heavy atom. The van der Waals surface area contributed by atoms with E-state index in [4.69, 9.17) is 16.3 Å². The average Bonchev–Trinajstić information content (AvgIpc) is 2.48. The third-order valence-electron chi connectivity index (χ3n) is 3.83. The second kappa shape index (κ2) is 6.41. The van der Waals surface area contributed by atoms with Gasteiger partial charge in [-0.3, -0.25) is 14.9 Å². The summed E-state index contributed by atoms with van der Waals surface area (Å²) >= 11 is 6.01. The van der Waals surface area contributed by atoms with E-state index in [1.165, 1.54) is 12.1 Å². The summed E-state index contributed by atoms with van der Waals surface area (Å²) < 4.78 is 5.29. The summed E-state index contributed by atoms with van der Waals surface area (Å²) in [6, 6.07) is 4.48. The zero-order valence-corrected chi connectivity index (χ0v) is 12.5. The van der Waals surface area contributed by atoms with Crippen molar-refractivity contribution in [2.45, 2.75) is 25.3 Å². The third-order valence-corrected chi connectivity index (χ3v) is 4.34. The van der Waals surface area contributed by atoms with E-state index in [9.17, 15) is 14.9 Å². The minimum atomic E-state index is -0.506. The van der Waals surface area contributed by atoms with Crippen LogP contribution in [0.15, 0.2) is 18.2 Å². The van der Waals surface area contributed by atoms with Crippen molar-refractivity contribution in [3.05, 3.63) is 39.4 Å². The van der Waals surface area contributed by atoms with E-state index in [0.29, 0.717) is 37.2 Å².